The summed E-state index contributed by atoms with van der Waals surface area (Å²) in [7, 11) is 0. The lowest BCUT2D eigenvalue weighted by Crippen LogP contribution is -1.93. The third-order valence-electron chi connectivity index (χ3n) is 2.55. The average Bonchev–Trinajstić information content (AvgIpc) is 2.87. The fourth-order valence-corrected chi connectivity index (χ4v) is 1.57. The minimum Gasteiger partial charge on any atom is -0.455 e. The number of rotatable bonds is 3. The highest BCUT2D eigenvalue weighted by Gasteiger charge is 2.04. The van der Waals surface area contributed by atoms with Crippen molar-refractivity contribution in [3.63, 3.8) is 0 Å². The van der Waals surface area contributed by atoms with Crippen LogP contribution in [-0.2, 0) is 0 Å². The Labute approximate surface area is 104 Å². The Hall–Kier alpha value is -2.56. The molecule has 0 aliphatic heterocycles. The fraction of sp³-hybridized carbons (Fsp3) is 0.0769. The monoisotopic (exact) mass is 244 g/mol. The fourth-order valence-electron chi connectivity index (χ4n) is 1.57. The van der Waals surface area contributed by atoms with Crippen molar-refractivity contribution in [2.24, 2.45) is 10.3 Å². The van der Waals surface area contributed by atoms with Crippen LogP contribution < -0.4 is 0 Å². The highest BCUT2D eigenvalue weighted by atomic mass is 16.4. The molecule has 5 heteroatoms. The predicted molar refractivity (Wildman–Crippen MR) is 67.5 cm³/mol. The predicted octanol–water partition coefficient (Wildman–Crippen LogP) is 2.95. The maximum absolute atomic E-state index is 8.67. The van der Waals surface area contributed by atoms with Gasteiger partial charge in [0.1, 0.15) is 17.7 Å². The quantitative estimate of drug-likeness (QED) is 0.495. The van der Waals surface area contributed by atoms with Gasteiger partial charge in [-0.15, -0.1) is 0 Å². The molecule has 0 saturated carbocycles. The Morgan fingerprint density at radius 1 is 1.11 bits per heavy atom. The second kappa shape index (κ2) is 5.18. The zero-order valence-electron chi connectivity index (χ0n) is 9.74. The van der Waals surface area contributed by atoms with Crippen LogP contribution in [0.2, 0.25) is 0 Å². The van der Waals surface area contributed by atoms with E-state index in [1.54, 1.807) is 19.1 Å². The largest absolute Gasteiger partial charge is 0.455 e. The summed E-state index contributed by atoms with van der Waals surface area (Å²) in [6, 6.07) is 10.9. The van der Waals surface area contributed by atoms with Crippen molar-refractivity contribution in [2.45, 2.75) is 6.92 Å². The Balaban J connectivity index is 2.28. The molecule has 5 nitrogen and oxygen atoms in total. The Kier molecular flexibility index (Phi) is 3.43. The van der Waals surface area contributed by atoms with Crippen molar-refractivity contribution in [3.05, 3.63) is 47.7 Å². The first kappa shape index (κ1) is 11.9. The van der Waals surface area contributed by atoms with Gasteiger partial charge < -0.3 is 14.8 Å². The van der Waals surface area contributed by atoms with Crippen molar-refractivity contribution in [3.8, 4) is 11.3 Å². The molecule has 0 unspecified atom stereocenters. The summed E-state index contributed by atoms with van der Waals surface area (Å²) in [6.07, 6.45) is 1.22. The molecular weight excluding hydrogens is 232 g/mol. The van der Waals surface area contributed by atoms with Gasteiger partial charge in [0.2, 0.25) is 0 Å². The van der Waals surface area contributed by atoms with E-state index in [0.29, 0.717) is 17.2 Å². The molecule has 2 rings (SSSR count). The van der Waals surface area contributed by atoms with Crippen molar-refractivity contribution in [2.75, 3.05) is 0 Å². The van der Waals surface area contributed by atoms with Gasteiger partial charge in [-0.3, -0.25) is 0 Å². The number of hydrogen-bond donors (Lipinski definition) is 2. The zero-order valence-corrected chi connectivity index (χ0v) is 9.74. The van der Waals surface area contributed by atoms with Crippen LogP contribution in [0.5, 0.6) is 0 Å². The van der Waals surface area contributed by atoms with E-state index in [1.165, 1.54) is 6.21 Å². The Bertz CT molecular complexity index is 583. The van der Waals surface area contributed by atoms with E-state index in [0.717, 1.165) is 11.1 Å². The number of hydrogen-bond acceptors (Lipinski definition) is 5. The van der Waals surface area contributed by atoms with E-state index < -0.39 is 0 Å². The molecule has 2 N–H and O–H groups in total. The van der Waals surface area contributed by atoms with E-state index in [9.17, 15) is 0 Å². The van der Waals surface area contributed by atoms with Crippen molar-refractivity contribution < 1.29 is 14.8 Å². The Morgan fingerprint density at radius 3 is 2.44 bits per heavy atom. The molecule has 0 saturated heterocycles. The topological polar surface area (TPSA) is 78.3 Å². The molecule has 1 heterocycles. The lowest BCUT2D eigenvalue weighted by molar-refractivity contribution is 0.319. The molecule has 1 aromatic heterocycles. The van der Waals surface area contributed by atoms with Crippen LogP contribution in [0.1, 0.15) is 18.2 Å². The minimum absolute atomic E-state index is 0.477. The normalized spacial score (nSPS) is 12.2. The van der Waals surface area contributed by atoms with Crippen LogP contribution >= 0.6 is 0 Å². The Morgan fingerprint density at radius 2 is 1.83 bits per heavy atom. The van der Waals surface area contributed by atoms with Gasteiger partial charge in [0.25, 0.3) is 0 Å². The van der Waals surface area contributed by atoms with Crippen molar-refractivity contribution in [1.29, 1.82) is 0 Å². The smallest absolute Gasteiger partial charge is 0.149 e. The van der Waals surface area contributed by atoms with Crippen LogP contribution in [0.15, 0.2) is 51.1 Å². The summed E-state index contributed by atoms with van der Waals surface area (Å²) < 4.78 is 5.45. The van der Waals surface area contributed by atoms with Gasteiger partial charge in [0.05, 0.1) is 5.71 Å². The molecular formula is C13H12N2O3. The second-order valence-electron chi connectivity index (χ2n) is 3.71. The molecule has 0 atom stereocenters. The molecule has 18 heavy (non-hydrogen) atoms. The summed E-state index contributed by atoms with van der Waals surface area (Å²) in [6.45, 7) is 1.72. The van der Waals surface area contributed by atoms with E-state index >= 15 is 0 Å². The third-order valence-corrected chi connectivity index (χ3v) is 2.55. The maximum atomic E-state index is 8.67. The standard InChI is InChI=1S/C13H12N2O3/c1-9(15-17)10-2-4-11(5-3-10)13-7-6-12(18-13)8-14-16/h2-8,16-17H,1H3/b14-8+,15-9+. The molecule has 2 aromatic rings. The zero-order chi connectivity index (χ0) is 13.0. The van der Waals surface area contributed by atoms with E-state index in [-0.39, 0.29) is 0 Å². The third kappa shape index (κ3) is 2.40. The molecule has 92 valence electrons. The summed E-state index contributed by atoms with van der Waals surface area (Å²) in [5.74, 6) is 1.15. The first-order chi connectivity index (χ1) is 8.74. The van der Waals surface area contributed by atoms with Crippen LogP contribution in [0.25, 0.3) is 11.3 Å². The van der Waals surface area contributed by atoms with Gasteiger partial charge in [-0.2, -0.15) is 0 Å². The van der Waals surface area contributed by atoms with Gasteiger partial charge in [-0.25, -0.2) is 0 Å². The van der Waals surface area contributed by atoms with Crippen molar-refractivity contribution in [1.82, 2.24) is 0 Å². The molecule has 0 bridgehead atoms. The molecule has 0 radical (unpaired) electrons. The highest BCUT2D eigenvalue weighted by molar-refractivity contribution is 5.98. The molecule has 0 aliphatic carbocycles. The average molecular weight is 244 g/mol. The summed E-state index contributed by atoms with van der Waals surface area (Å²) in [5.41, 5.74) is 2.28. The van der Waals surface area contributed by atoms with Crippen LogP contribution in [-0.4, -0.2) is 22.3 Å². The molecule has 0 fully saturated rings. The molecule has 1 aromatic carbocycles. The number of oxime groups is 2. The van der Waals surface area contributed by atoms with Crippen LogP contribution in [0, 0.1) is 0 Å². The number of nitrogens with zero attached hydrogens (tertiary/aromatic N) is 2. The van der Waals surface area contributed by atoms with Gasteiger partial charge in [-0.05, 0) is 24.6 Å². The highest BCUT2D eigenvalue weighted by Crippen LogP contribution is 2.22. The van der Waals surface area contributed by atoms with E-state index in [1.807, 2.05) is 24.3 Å². The minimum atomic E-state index is 0.477. The SMILES string of the molecule is C/C(=N\O)c1ccc(-c2ccc(/C=N/O)o2)cc1. The summed E-state index contributed by atoms with van der Waals surface area (Å²) in [5, 5.41) is 23.1. The van der Waals surface area contributed by atoms with Crippen LogP contribution in [0.4, 0.5) is 0 Å². The summed E-state index contributed by atoms with van der Waals surface area (Å²) in [4.78, 5) is 0. The first-order valence-electron chi connectivity index (χ1n) is 5.31. The van der Waals surface area contributed by atoms with Gasteiger partial charge in [-0.1, -0.05) is 34.6 Å². The summed E-state index contributed by atoms with van der Waals surface area (Å²) >= 11 is 0. The second-order valence-corrected chi connectivity index (χ2v) is 3.71. The molecule has 0 spiro atoms. The van der Waals surface area contributed by atoms with Crippen LogP contribution in [0.3, 0.4) is 0 Å². The van der Waals surface area contributed by atoms with Gasteiger partial charge >= 0.3 is 0 Å². The lowest BCUT2D eigenvalue weighted by Gasteiger charge is -2.00. The van der Waals surface area contributed by atoms with Gasteiger partial charge in [0, 0.05) is 5.56 Å². The van der Waals surface area contributed by atoms with Crippen molar-refractivity contribution >= 4 is 11.9 Å². The van der Waals surface area contributed by atoms with E-state index in [4.69, 9.17) is 14.8 Å². The number of furan rings is 1. The molecule has 0 aliphatic rings. The first-order valence-corrected chi connectivity index (χ1v) is 5.31. The number of benzene rings is 1. The lowest BCUT2D eigenvalue weighted by atomic mass is 10.1. The van der Waals surface area contributed by atoms with Gasteiger partial charge in [0.15, 0.2) is 0 Å². The van der Waals surface area contributed by atoms with E-state index in [2.05, 4.69) is 10.3 Å². The molecule has 0 amide bonds. The maximum Gasteiger partial charge on any atom is 0.149 e.